The number of aliphatic hydroxyl groups is 1. The van der Waals surface area contributed by atoms with Crippen molar-refractivity contribution in [1.29, 1.82) is 0 Å². The van der Waals surface area contributed by atoms with Gasteiger partial charge in [-0.25, -0.2) is 4.98 Å². The molecule has 0 aliphatic carbocycles. The fraction of sp³-hybridized carbons (Fsp3) is 0.556. The van der Waals surface area contributed by atoms with Gasteiger partial charge in [0, 0.05) is 31.9 Å². The number of piperidine rings is 1. The third-order valence-corrected chi connectivity index (χ3v) is 4.68. The molecule has 0 amide bonds. The van der Waals surface area contributed by atoms with E-state index >= 15 is 0 Å². The molecule has 0 spiro atoms. The van der Waals surface area contributed by atoms with Crippen LogP contribution in [0, 0.1) is 5.92 Å². The first-order valence-electron chi connectivity index (χ1n) is 8.75. The van der Waals surface area contributed by atoms with Crippen LogP contribution >= 0.6 is 0 Å². The fourth-order valence-electron chi connectivity index (χ4n) is 3.18. The highest BCUT2D eigenvalue weighted by Crippen LogP contribution is 2.23. The first-order valence-corrected chi connectivity index (χ1v) is 8.75. The number of nitrogens with zero attached hydrogens (tertiary/aromatic N) is 4. The number of aromatic nitrogens is 3. The number of nitrogens with one attached hydrogen (secondary N) is 1. The SMILES string of the molecule is CC(C)n1nccc1CNc1ccc(N2CCC(CO)CC2)cn1. The molecule has 3 heterocycles. The first kappa shape index (κ1) is 16.8. The highest BCUT2D eigenvalue weighted by Gasteiger charge is 2.18. The summed E-state index contributed by atoms with van der Waals surface area (Å²) in [5.74, 6) is 1.33. The Kier molecular flexibility index (Phi) is 5.35. The summed E-state index contributed by atoms with van der Waals surface area (Å²) in [5, 5.41) is 16.9. The van der Waals surface area contributed by atoms with Gasteiger partial charge >= 0.3 is 0 Å². The van der Waals surface area contributed by atoms with Crippen molar-refractivity contribution in [2.75, 3.05) is 29.9 Å². The molecule has 0 atom stereocenters. The van der Waals surface area contributed by atoms with Crippen molar-refractivity contribution in [1.82, 2.24) is 14.8 Å². The summed E-state index contributed by atoms with van der Waals surface area (Å²) >= 11 is 0. The molecule has 1 aliphatic rings. The second-order valence-corrected chi connectivity index (χ2v) is 6.73. The maximum absolute atomic E-state index is 9.23. The molecular formula is C18H27N5O. The highest BCUT2D eigenvalue weighted by atomic mass is 16.3. The lowest BCUT2D eigenvalue weighted by Gasteiger charge is -2.32. The maximum Gasteiger partial charge on any atom is 0.126 e. The third-order valence-electron chi connectivity index (χ3n) is 4.68. The van der Waals surface area contributed by atoms with Gasteiger partial charge < -0.3 is 15.3 Å². The van der Waals surface area contributed by atoms with Crippen LogP contribution < -0.4 is 10.2 Å². The van der Waals surface area contributed by atoms with Gasteiger partial charge in [0.25, 0.3) is 0 Å². The quantitative estimate of drug-likeness (QED) is 0.853. The van der Waals surface area contributed by atoms with Crippen molar-refractivity contribution in [2.45, 2.75) is 39.3 Å². The van der Waals surface area contributed by atoms with Gasteiger partial charge in [0.2, 0.25) is 0 Å². The zero-order valence-electron chi connectivity index (χ0n) is 14.5. The largest absolute Gasteiger partial charge is 0.396 e. The van der Waals surface area contributed by atoms with E-state index in [0.717, 1.165) is 43.1 Å². The van der Waals surface area contributed by atoms with Crippen molar-refractivity contribution in [3.8, 4) is 0 Å². The normalized spacial score (nSPS) is 15.9. The molecule has 2 N–H and O–H groups in total. The second kappa shape index (κ2) is 7.66. The Labute approximate surface area is 143 Å². The average molecular weight is 329 g/mol. The minimum Gasteiger partial charge on any atom is -0.396 e. The van der Waals surface area contributed by atoms with E-state index < -0.39 is 0 Å². The predicted molar refractivity (Wildman–Crippen MR) is 96.2 cm³/mol. The molecule has 1 fully saturated rings. The van der Waals surface area contributed by atoms with Gasteiger partial charge in [-0.1, -0.05) is 0 Å². The van der Waals surface area contributed by atoms with E-state index in [9.17, 15) is 5.11 Å². The topological polar surface area (TPSA) is 66.2 Å². The van der Waals surface area contributed by atoms with E-state index in [1.165, 1.54) is 0 Å². The minimum absolute atomic E-state index is 0.307. The molecule has 1 aliphatic heterocycles. The van der Waals surface area contributed by atoms with Gasteiger partial charge in [0.05, 0.1) is 24.1 Å². The molecule has 2 aromatic rings. The van der Waals surface area contributed by atoms with E-state index in [1.54, 1.807) is 0 Å². The summed E-state index contributed by atoms with van der Waals surface area (Å²) in [4.78, 5) is 6.88. The van der Waals surface area contributed by atoms with Crippen LogP contribution in [0.5, 0.6) is 0 Å². The summed E-state index contributed by atoms with van der Waals surface area (Å²) in [5.41, 5.74) is 2.31. The van der Waals surface area contributed by atoms with E-state index in [1.807, 2.05) is 29.2 Å². The molecule has 0 aromatic carbocycles. The molecule has 0 radical (unpaired) electrons. The lowest BCUT2D eigenvalue weighted by molar-refractivity contribution is 0.203. The molecule has 0 bridgehead atoms. The Morgan fingerprint density at radius 1 is 1.25 bits per heavy atom. The Bertz CT molecular complexity index is 629. The minimum atomic E-state index is 0.307. The zero-order chi connectivity index (χ0) is 16.9. The summed E-state index contributed by atoms with van der Waals surface area (Å²) in [6, 6.07) is 6.54. The molecule has 1 saturated heterocycles. The summed E-state index contributed by atoms with van der Waals surface area (Å²) < 4.78 is 2.02. The summed E-state index contributed by atoms with van der Waals surface area (Å²) in [7, 11) is 0. The van der Waals surface area contributed by atoms with Crippen LogP contribution in [0.4, 0.5) is 11.5 Å². The van der Waals surface area contributed by atoms with Gasteiger partial charge in [0.15, 0.2) is 0 Å². The second-order valence-electron chi connectivity index (χ2n) is 6.73. The summed E-state index contributed by atoms with van der Waals surface area (Å²) in [6.45, 7) is 7.27. The fourth-order valence-corrected chi connectivity index (χ4v) is 3.18. The Morgan fingerprint density at radius 2 is 2.04 bits per heavy atom. The molecule has 3 rings (SSSR count). The lowest BCUT2D eigenvalue weighted by Crippen LogP contribution is -2.34. The van der Waals surface area contributed by atoms with Crippen LogP contribution in [-0.4, -0.2) is 39.6 Å². The maximum atomic E-state index is 9.23. The number of hydrogen-bond donors (Lipinski definition) is 2. The van der Waals surface area contributed by atoms with Gasteiger partial charge in [-0.15, -0.1) is 0 Å². The number of anilines is 2. The van der Waals surface area contributed by atoms with Crippen LogP contribution in [0.3, 0.4) is 0 Å². The van der Waals surface area contributed by atoms with Crippen molar-refractivity contribution in [2.24, 2.45) is 5.92 Å². The van der Waals surface area contributed by atoms with E-state index in [2.05, 4.69) is 40.2 Å². The molecule has 6 heteroatoms. The van der Waals surface area contributed by atoms with Crippen LogP contribution in [0.1, 0.15) is 38.4 Å². The lowest BCUT2D eigenvalue weighted by atomic mass is 9.98. The van der Waals surface area contributed by atoms with E-state index in [4.69, 9.17) is 0 Å². The highest BCUT2D eigenvalue weighted by molar-refractivity contribution is 5.49. The van der Waals surface area contributed by atoms with Crippen molar-refractivity contribution in [3.05, 3.63) is 36.3 Å². The van der Waals surface area contributed by atoms with E-state index in [-0.39, 0.29) is 0 Å². The molecule has 2 aromatic heterocycles. The zero-order valence-corrected chi connectivity index (χ0v) is 14.5. The first-order chi connectivity index (χ1) is 11.7. The number of rotatable bonds is 6. The van der Waals surface area contributed by atoms with Gasteiger partial charge in [-0.2, -0.15) is 5.10 Å². The van der Waals surface area contributed by atoms with Crippen LogP contribution in [-0.2, 0) is 6.54 Å². The van der Waals surface area contributed by atoms with Crippen molar-refractivity contribution in [3.63, 3.8) is 0 Å². The monoisotopic (exact) mass is 329 g/mol. The molecule has 24 heavy (non-hydrogen) atoms. The Morgan fingerprint density at radius 3 is 2.67 bits per heavy atom. The number of pyridine rings is 1. The molecular weight excluding hydrogens is 302 g/mol. The molecule has 0 saturated carbocycles. The molecule has 0 unspecified atom stereocenters. The predicted octanol–water partition coefficient (Wildman–Crippen LogP) is 2.68. The number of hydrogen-bond acceptors (Lipinski definition) is 5. The van der Waals surface area contributed by atoms with Crippen molar-refractivity contribution < 1.29 is 5.11 Å². The van der Waals surface area contributed by atoms with Crippen LogP contribution in [0.2, 0.25) is 0 Å². The van der Waals surface area contributed by atoms with Crippen LogP contribution in [0.25, 0.3) is 0 Å². The van der Waals surface area contributed by atoms with Gasteiger partial charge in [-0.05, 0) is 50.8 Å². The van der Waals surface area contributed by atoms with Gasteiger partial charge in [0.1, 0.15) is 5.82 Å². The summed E-state index contributed by atoms with van der Waals surface area (Å²) in [6.07, 6.45) is 5.87. The van der Waals surface area contributed by atoms with Gasteiger partial charge in [-0.3, -0.25) is 4.68 Å². The third kappa shape index (κ3) is 3.87. The smallest absolute Gasteiger partial charge is 0.126 e. The standard InChI is InChI=1S/C18H27N5O/c1-14(2)23-17(5-8-21-23)12-20-18-4-3-16(11-19-18)22-9-6-15(13-24)7-10-22/h3-5,8,11,14-15,24H,6-7,9-10,12-13H2,1-2H3,(H,19,20). The van der Waals surface area contributed by atoms with Crippen molar-refractivity contribution >= 4 is 11.5 Å². The average Bonchev–Trinajstić information content (AvgIpc) is 3.09. The molecule has 6 nitrogen and oxygen atoms in total. The molecule has 130 valence electrons. The Balaban J connectivity index is 1.56. The number of aliphatic hydroxyl groups excluding tert-OH is 1. The van der Waals surface area contributed by atoms with E-state index in [0.29, 0.717) is 25.1 Å². The van der Waals surface area contributed by atoms with Crippen LogP contribution in [0.15, 0.2) is 30.6 Å². The Hall–Kier alpha value is -2.08.